The van der Waals surface area contributed by atoms with Crippen molar-refractivity contribution in [1.29, 1.82) is 0 Å². The predicted octanol–water partition coefficient (Wildman–Crippen LogP) is 3.18. The van der Waals surface area contributed by atoms with Gasteiger partial charge in [-0.05, 0) is 46.5 Å². The number of hydrogen-bond acceptors (Lipinski definition) is 5. The van der Waals surface area contributed by atoms with Crippen molar-refractivity contribution in [2.75, 3.05) is 6.54 Å². The van der Waals surface area contributed by atoms with E-state index in [-0.39, 0.29) is 0 Å². The molecule has 0 amide bonds. The minimum atomic E-state index is 0.310. The third-order valence-electron chi connectivity index (χ3n) is 3.77. The van der Waals surface area contributed by atoms with Crippen LogP contribution in [0.4, 0.5) is 0 Å². The van der Waals surface area contributed by atoms with E-state index in [0.29, 0.717) is 12.0 Å². The zero-order chi connectivity index (χ0) is 15.4. The number of aromatic nitrogens is 4. The Hall–Kier alpha value is -2.05. The van der Waals surface area contributed by atoms with Crippen LogP contribution < -0.4 is 5.32 Å². The summed E-state index contributed by atoms with van der Waals surface area (Å²) in [7, 11) is 0. The van der Waals surface area contributed by atoms with Gasteiger partial charge in [-0.15, -0.1) is 16.4 Å². The molecule has 0 fully saturated rings. The van der Waals surface area contributed by atoms with Gasteiger partial charge in [-0.1, -0.05) is 25.1 Å². The summed E-state index contributed by atoms with van der Waals surface area (Å²) in [4.78, 5) is 1.42. The summed E-state index contributed by atoms with van der Waals surface area (Å²) in [6.07, 6.45) is 1.60. The number of nitrogens with zero attached hydrogens (tertiary/aromatic N) is 4. The highest BCUT2D eigenvalue weighted by Gasteiger charge is 2.10. The van der Waals surface area contributed by atoms with E-state index in [1.165, 1.54) is 10.4 Å². The first-order valence-electron chi connectivity index (χ1n) is 7.34. The highest BCUT2D eigenvalue weighted by atomic mass is 32.1. The second-order valence-corrected chi connectivity index (χ2v) is 6.37. The summed E-state index contributed by atoms with van der Waals surface area (Å²) in [5.41, 5.74) is 2.23. The number of thiophene rings is 1. The Morgan fingerprint density at radius 3 is 2.64 bits per heavy atom. The minimum Gasteiger partial charge on any atom is -0.310 e. The molecule has 114 valence electrons. The number of nitrogens with one attached hydrogen (secondary N) is 1. The van der Waals surface area contributed by atoms with E-state index < -0.39 is 0 Å². The standard InChI is InChI=1S/C16H19N5S/c1-12(16-4-3-9-22-16)10-17-13(2)14-5-7-15(8-6-14)21-11-18-19-20-21/h3-9,11-13,17H,10H2,1-2H3. The molecule has 1 N–H and O–H groups in total. The maximum atomic E-state index is 3.89. The van der Waals surface area contributed by atoms with Crippen LogP contribution in [0.25, 0.3) is 5.69 Å². The molecule has 2 unspecified atom stereocenters. The molecule has 0 bridgehead atoms. The van der Waals surface area contributed by atoms with Crippen LogP contribution in [0.15, 0.2) is 48.1 Å². The van der Waals surface area contributed by atoms with Crippen LogP contribution in [-0.4, -0.2) is 26.8 Å². The second kappa shape index (κ2) is 6.81. The topological polar surface area (TPSA) is 55.6 Å². The summed E-state index contributed by atoms with van der Waals surface area (Å²) in [6, 6.07) is 12.9. The molecule has 2 aromatic heterocycles. The summed E-state index contributed by atoms with van der Waals surface area (Å²) in [5.74, 6) is 0.531. The van der Waals surface area contributed by atoms with E-state index in [1.54, 1.807) is 11.0 Å². The predicted molar refractivity (Wildman–Crippen MR) is 88.3 cm³/mol. The maximum Gasteiger partial charge on any atom is 0.143 e. The van der Waals surface area contributed by atoms with Gasteiger partial charge in [-0.25, -0.2) is 4.68 Å². The van der Waals surface area contributed by atoms with Gasteiger partial charge in [0, 0.05) is 23.4 Å². The maximum absolute atomic E-state index is 3.89. The Labute approximate surface area is 134 Å². The quantitative estimate of drug-likeness (QED) is 0.759. The van der Waals surface area contributed by atoms with Crippen LogP contribution >= 0.6 is 11.3 Å². The first kappa shape index (κ1) is 14.9. The fourth-order valence-corrected chi connectivity index (χ4v) is 3.13. The van der Waals surface area contributed by atoms with E-state index in [1.807, 2.05) is 23.5 Å². The lowest BCUT2D eigenvalue weighted by Crippen LogP contribution is -2.23. The van der Waals surface area contributed by atoms with Gasteiger partial charge < -0.3 is 5.32 Å². The van der Waals surface area contributed by atoms with Crippen LogP contribution in [0.5, 0.6) is 0 Å². The van der Waals surface area contributed by atoms with Crippen LogP contribution in [0.3, 0.4) is 0 Å². The van der Waals surface area contributed by atoms with E-state index in [0.717, 1.165) is 12.2 Å². The Morgan fingerprint density at radius 2 is 2.00 bits per heavy atom. The summed E-state index contributed by atoms with van der Waals surface area (Å²) in [5, 5.41) is 16.9. The molecule has 0 aliphatic heterocycles. The molecule has 22 heavy (non-hydrogen) atoms. The molecule has 5 nitrogen and oxygen atoms in total. The summed E-state index contributed by atoms with van der Waals surface area (Å²) < 4.78 is 1.65. The summed E-state index contributed by atoms with van der Waals surface area (Å²) in [6.45, 7) is 5.41. The summed E-state index contributed by atoms with van der Waals surface area (Å²) >= 11 is 1.82. The molecule has 6 heteroatoms. The monoisotopic (exact) mass is 313 g/mol. The fourth-order valence-electron chi connectivity index (χ4n) is 2.34. The number of rotatable bonds is 6. The molecule has 0 saturated heterocycles. The SMILES string of the molecule is CC(CNC(C)c1ccc(-n2cnnn2)cc1)c1cccs1. The molecule has 1 aromatic carbocycles. The van der Waals surface area contributed by atoms with Crippen molar-refractivity contribution in [3.05, 3.63) is 58.5 Å². The van der Waals surface area contributed by atoms with Gasteiger partial charge in [0.15, 0.2) is 0 Å². The van der Waals surface area contributed by atoms with Crippen LogP contribution in [-0.2, 0) is 0 Å². The highest BCUT2D eigenvalue weighted by molar-refractivity contribution is 7.10. The molecule has 0 saturated carbocycles. The third kappa shape index (κ3) is 3.40. The molecular formula is C16H19N5S. The molecule has 2 atom stereocenters. The van der Waals surface area contributed by atoms with E-state index in [4.69, 9.17) is 0 Å². The van der Waals surface area contributed by atoms with Crippen molar-refractivity contribution in [2.24, 2.45) is 0 Å². The van der Waals surface area contributed by atoms with Gasteiger partial charge in [0.2, 0.25) is 0 Å². The minimum absolute atomic E-state index is 0.310. The normalized spacial score (nSPS) is 13.9. The van der Waals surface area contributed by atoms with Crippen LogP contribution in [0.2, 0.25) is 0 Å². The molecule has 3 rings (SSSR count). The Kier molecular flexibility index (Phi) is 4.60. The van der Waals surface area contributed by atoms with Gasteiger partial charge in [0.05, 0.1) is 5.69 Å². The van der Waals surface area contributed by atoms with Crippen molar-refractivity contribution in [3.8, 4) is 5.69 Å². The first-order chi connectivity index (χ1) is 10.7. The van der Waals surface area contributed by atoms with Gasteiger partial charge in [-0.3, -0.25) is 0 Å². The molecule has 0 spiro atoms. The van der Waals surface area contributed by atoms with Crippen LogP contribution in [0, 0.1) is 0 Å². The van der Waals surface area contributed by atoms with Gasteiger partial charge in [0.1, 0.15) is 6.33 Å². The Balaban J connectivity index is 1.59. The molecular weight excluding hydrogens is 294 g/mol. The lowest BCUT2D eigenvalue weighted by Gasteiger charge is -2.17. The number of tetrazole rings is 1. The van der Waals surface area contributed by atoms with Crippen LogP contribution in [0.1, 0.15) is 36.2 Å². The van der Waals surface area contributed by atoms with E-state index in [2.05, 4.69) is 64.3 Å². The van der Waals surface area contributed by atoms with E-state index in [9.17, 15) is 0 Å². The average molecular weight is 313 g/mol. The molecule has 0 radical (unpaired) electrons. The zero-order valence-corrected chi connectivity index (χ0v) is 13.5. The molecule has 0 aliphatic carbocycles. The fraction of sp³-hybridized carbons (Fsp3) is 0.312. The van der Waals surface area contributed by atoms with Crippen molar-refractivity contribution in [1.82, 2.24) is 25.5 Å². The van der Waals surface area contributed by atoms with E-state index >= 15 is 0 Å². The van der Waals surface area contributed by atoms with Crippen molar-refractivity contribution < 1.29 is 0 Å². The van der Waals surface area contributed by atoms with Crippen molar-refractivity contribution in [2.45, 2.75) is 25.8 Å². The largest absolute Gasteiger partial charge is 0.310 e. The zero-order valence-electron chi connectivity index (χ0n) is 12.7. The Bertz CT molecular complexity index is 676. The lowest BCUT2D eigenvalue weighted by molar-refractivity contribution is 0.540. The number of benzene rings is 1. The molecule has 2 heterocycles. The first-order valence-corrected chi connectivity index (χ1v) is 8.22. The number of hydrogen-bond donors (Lipinski definition) is 1. The third-order valence-corrected chi connectivity index (χ3v) is 4.87. The molecule has 3 aromatic rings. The smallest absolute Gasteiger partial charge is 0.143 e. The average Bonchev–Trinajstić information content (AvgIpc) is 3.25. The Morgan fingerprint density at radius 1 is 1.18 bits per heavy atom. The lowest BCUT2D eigenvalue weighted by atomic mass is 10.1. The van der Waals surface area contributed by atoms with Crippen molar-refractivity contribution >= 4 is 11.3 Å². The highest BCUT2D eigenvalue weighted by Crippen LogP contribution is 2.21. The van der Waals surface area contributed by atoms with Gasteiger partial charge in [0.25, 0.3) is 0 Å². The van der Waals surface area contributed by atoms with Crippen molar-refractivity contribution in [3.63, 3.8) is 0 Å². The molecule has 0 aliphatic rings. The second-order valence-electron chi connectivity index (χ2n) is 5.39. The van der Waals surface area contributed by atoms with Gasteiger partial charge >= 0.3 is 0 Å². The van der Waals surface area contributed by atoms with Gasteiger partial charge in [-0.2, -0.15) is 0 Å².